The maximum Gasteiger partial charge on any atom is 0.162 e. The molecule has 1 fully saturated rings. The highest BCUT2D eigenvalue weighted by atomic mass is 16.5. The Bertz CT molecular complexity index is 443. The van der Waals surface area contributed by atoms with Gasteiger partial charge >= 0.3 is 0 Å². The van der Waals surface area contributed by atoms with E-state index in [-0.39, 0.29) is 17.2 Å². The van der Waals surface area contributed by atoms with Crippen LogP contribution in [0.25, 0.3) is 0 Å². The number of rotatable bonds is 2. The second-order valence-corrected chi connectivity index (χ2v) is 6.37. The lowest BCUT2D eigenvalue weighted by Crippen LogP contribution is -2.27. The normalized spacial score (nSPS) is 20.3. The van der Waals surface area contributed by atoms with Crippen molar-refractivity contribution >= 4 is 0 Å². The minimum Gasteiger partial charge on any atom is -0.504 e. The predicted molar refractivity (Wildman–Crippen MR) is 78.0 cm³/mol. The molecule has 3 heteroatoms. The Kier molecular flexibility index (Phi) is 4.04. The maximum absolute atomic E-state index is 10.4. The summed E-state index contributed by atoms with van der Waals surface area (Å²) in [6.07, 6.45) is 3.50. The molecule has 1 unspecified atom stereocenters. The first-order valence-electron chi connectivity index (χ1n) is 7.08. The standard InChI is InChI=1S/C16H25NO2/c1-16(2,3)11-9-12(13-7-5-6-8-17-13)15(18)14(10-11)19-4/h9-10,13,17-18H,5-8H2,1-4H3. The number of ether oxygens (including phenoxy) is 1. The van der Waals surface area contributed by atoms with E-state index in [1.807, 2.05) is 6.07 Å². The second-order valence-electron chi connectivity index (χ2n) is 6.37. The molecule has 2 rings (SSSR count). The number of phenols is 1. The van der Waals surface area contributed by atoms with Crippen molar-refractivity contribution in [3.05, 3.63) is 23.3 Å². The Hall–Kier alpha value is -1.22. The topological polar surface area (TPSA) is 41.5 Å². The highest BCUT2D eigenvalue weighted by molar-refractivity contribution is 5.51. The minimum absolute atomic E-state index is 0.0460. The van der Waals surface area contributed by atoms with Crippen LogP contribution in [-0.2, 0) is 5.41 Å². The fourth-order valence-corrected chi connectivity index (χ4v) is 2.60. The van der Waals surface area contributed by atoms with Gasteiger partial charge in [-0.25, -0.2) is 0 Å². The van der Waals surface area contributed by atoms with Crippen molar-refractivity contribution in [3.8, 4) is 11.5 Å². The van der Waals surface area contributed by atoms with Crippen LogP contribution in [0.5, 0.6) is 11.5 Å². The molecule has 1 atom stereocenters. The number of piperidine rings is 1. The van der Waals surface area contributed by atoms with E-state index in [1.54, 1.807) is 7.11 Å². The molecule has 106 valence electrons. The van der Waals surface area contributed by atoms with Crippen LogP contribution in [0.15, 0.2) is 12.1 Å². The molecule has 2 N–H and O–H groups in total. The molecule has 19 heavy (non-hydrogen) atoms. The van der Waals surface area contributed by atoms with Crippen molar-refractivity contribution < 1.29 is 9.84 Å². The molecule has 3 nitrogen and oxygen atoms in total. The molecule has 0 amide bonds. The van der Waals surface area contributed by atoms with Crippen LogP contribution in [0, 0.1) is 0 Å². The number of aromatic hydroxyl groups is 1. The van der Waals surface area contributed by atoms with Crippen LogP contribution in [0.1, 0.15) is 57.2 Å². The van der Waals surface area contributed by atoms with E-state index in [0.29, 0.717) is 5.75 Å². The van der Waals surface area contributed by atoms with Gasteiger partial charge in [0.15, 0.2) is 11.5 Å². The fourth-order valence-electron chi connectivity index (χ4n) is 2.60. The average molecular weight is 263 g/mol. The monoisotopic (exact) mass is 263 g/mol. The van der Waals surface area contributed by atoms with Crippen LogP contribution in [-0.4, -0.2) is 18.8 Å². The molecular formula is C16H25NO2. The van der Waals surface area contributed by atoms with E-state index in [1.165, 1.54) is 18.4 Å². The third-order valence-corrected chi connectivity index (χ3v) is 3.88. The zero-order chi connectivity index (χ0) is 14.0. The second kappa shape index (κ2) is 5.41. The summed E-state index contributed by atoms with van der Waals surface area (Å²) in [5.41, 5.74) is 2.22. The summed E-state index contributed by atoms with van der Waals surface area (Å²) in [4.78, 5) is 0. The van der Waals surface area contributed by atoms with Crippen molar-refractivity contribution in [3.63, 3.8) is 0 Å². The van der Waals surface area contributed by atoms with Gasteiger partial charge in [0.1, 0.15) is 0 Å². The first kappa shape index (κ1) is 14.2. The van der Waals surface area contributed by atoms with Crippen LogP contribution < -0.4 is 10.1 Å². The van der Waals surface area contributed by atoms with Crippen molar-refractivity contribution in [1.29, 1.82) is 0 Å². The number of nitrogens with one attached hydrogen (secondary N) is 1. The van der Waals surface area contributed by atoms with Gasteiger partial charge in [-0.2, -0.15) is 0 Å². The van der Waals surface area contributed by atoms with Gasteiger partial charge in [0.25, 0.3) is 0 Å². The Morgan fingerprint density at radius 2 is 2.00 bits per heavy atom. The van der Waals surface area contributed by atoms with Gasteiger partial charge in [-0.1, -0.05) is 27.2 Å². The number of phenolic OH excluding ortho intramolecular Hbond substituents is 1. The smallest absolute Gasteiger partial charge is 0.162 e. The minimum atomic E-state index is 0.0460. The Morgan fingerprint density at radius 1 is 1.26 bits per heavy atom. The first-order chi connectivity index (χ1) is 8.93. The van der Waals surface area contributed by atoms with Gasteiger partial charge in [0.05, 0.1) is 7.11 Å². The largest absolute Gasteiger partial charge is 0.504 e. The SMILES string of the molecule is COc1cc(C(C)(C)C)cc(C2CCCCN2)c1O. The van der Waals surface area contributed by atoms with Crippen molar-refractivity contribution in [2.45, 2.75) is 51.5 Å². The van der Waals surface area contributed by atoms with E-state index in [9.17, 15) is 5.11 Å². The molecule has 0 aromatic heterocycles. The van der Waals surface area contributed by atoms with Crippen LogP contribution in [0.4, 0.5) is 0 Å². The Balaban J connectivity index is 2.45. The molecule has 1 saturated heterocycles. The molecule has 0 bridgehead atoms. The Morgan fingerprint density at radius 3 is 2.53 bits per heavy atom. The molecule has 1 heterocycles. The lowest BCUT2D eigenvalue weighted by Gasteiger charge is -2.28. The zero-order valence-electron chi connectivity index (χ0n) is 12.4. The summed E-state index contributed by atoms with van der Waals surface area (Å²) in [5.74, 6) is 0.865. The van der Waals surface area contributed by atoms with Crippen LogP contribution >= 0.6 is 0 Å². The number of hydrogen-bond acceptors (Lipinski definition) is 3. The van der Waals surface area contributed by atoms with Crippen molar-refractivity contribution in [1.82, 2.24) is 5.32 Å². The highest BCUT2D eigenvalue weighted by Gasteiger charge is 2.24. The van der Waals surface area contributed by atoms with E-state index in [0.717, 1.165) is 18.5 Å². The Labute approximate surface area is 116 Å². The summed E-state index contributed by atoms with van der Waals surface area (Å²) >= 11 is 0. The molecule has 0 aliphatic carbocycles. The van der Waals surface area contributed by atoms with Gasteiger partial charge in [-0.05, 0) is 42.5 Å². The molecule has 0 saturated carbocycles. The predicted octanol–water partition coefficient (Wildman–Crippen LogP) is 3.51. The van der Waals surface area contributed by atoms with Crippen molar-refractivity contribution in [2.75, 3.05) is 13.7 Å². The summed E-state index contributed by atoms with van der Waals surface area (Å²) in [6.45, 7) is 7.55. The van der Waals surface area contributed by atoms with Gasteiger partial charge in [0, 0.05) is 11.6 Å². The molecule has 0 radical (unpaired) electrons. The molecule has 0 spiro atoms. The summed E-state index contributed by atoms with van der Waals surface area (Å²) < 4.78 is 5.33. The number of methoxy groups -OCH3 is 1. The summed E-state index contributed by atoms with van der Waals surface area (Å²) in [5, 5.41) is 13.9. The fraction of sp³-hybridized carbons (Fsp3) is 0.625. The maximum atomic E-state index is 10.4. The molecule has 1 aliphatic rings. The first-order valence-corrected chi connectivity index (χ1v) is 7.08. The van der Waals surface area contributed by atoms with E-state index in [2.05, 4.69) is 32.2 Å². The summed E-state index contributed by atoms with van der Waals surface area (Å²) in [6, 6.07) is 4.31. The lowest BCUT2D eigenvalue weighted by atomic mass is 9.84. The summed E-state index contributed by atoms with van der Waals surface area (Å²) in [7, 11) is 1.61. The van der Waals surface area contributed by atoms with Crippen LogP contribution in [0.2, 0.25) is 0 Å². The van der Waals surface area contributed by atoms with Gasteiger partial charge in [-0.3, -0.25) is 0 Å². The molecule has 1 aromatic carbocycles. The lowest BCUT2D eigenvalue weighted by molar-refractivity contribution is 0.352. The van der Waals surface area contributed by atoms with Gasteiger partial charge < -0.3 is 15.2 Å². The molecular weight excluding hydrogens is 238 g/mol. The quantitative estimate of drug-likeness (QED) is 0.858. The van der Waals surface area contributed by atoms with Crippen molar-refractivity contribution in [2.24, 2.45) is 0 Å². The van der Waals surface area contributed by atoms with Crippen LogP contribution in [0.3, 0.4) is 0 Å². The van der Waals surface area contributed by atoms with E-state index in [4.69, 9.17) is 4.74 Å². The average Bonchev–Trinajstić information content (AvgIpc) is 2.38. The molecule has 1 aromatic rings. The number of benzene rings is 1. The third kappa shape index (κ3) is 3.03. The highest BCUT2D eigenvalue weighted by Crippen LogP contribution is 2.40. The van der Waals surface area contributed by atoms with E-state index < -0.39 is 0 Å². The van der Waals surface area contributed by atoms with E-state index >= 15 is 0 Å². The van der Waals surface area contributed by atoms with Gasteiger partial charge in [0.2, 0.25) is 0 Å². The van der Waals surface area contributed by atoms with Gasteiger partial charge in [-0.15, -0.1) is 0 Å². The number of hydrogen-bond donors (Lipinski definition) is 2. The molecule has 1 aliphatic heterocycles. The zero-order valence-corrected chi connectivity index (χ0v) is 12.4. The third-order valence-electron chi connectivity index (χ3n) is 3.88.